The number of nitrogens with zero attached hydrogens (tertiary/aromatic N) is 3. The van der Waals surface area contributed by atoms with Crippen molar-refractivity contribution in [3.63, 3.8) is 0 Å². The molecule has 0 amide bonds. The molecular weight excluding hydrogens is 318 g/mol. The Morgan fingerprint density at radius 3 is 2.62 bits per heavy atom. The van der Waals surface area contributed by atoms with Gasteiger partial charge in [0.25, 0.3) is 0 Å². The van der Waals surface area contributed by atoms with Crippen molar-refractivity contribution in [1.29, 1.82) is 0 Å². The predicted molar refractivity (Wildman–Crippen MR) is 95.7 cm³/mol. The second-order valence-electron chi connectivity index (χ2n) is 5.41. The third kappa shape index (κ3) is 2.90. The minimum Gasteiger partial charge on any atom is -0.338 e. The van der Waals surface area contributed by atoms with Gasteiger partial charge in [0.15, 0.2) is 0 Å². The van der Waals surface area contributed by atoms with Crippen molar-refractivity contribution < 1.29 is 4.52 Å². The molecule has 1 atom stereocenters. The van der Waals surface area contributed by atoms with E-state index in [1.165, 1.54) is 0 Å². The van der Waals surface area contributed by atoms with E-state index in [2.05, 4.69) is 28.1 Å². The van der Waals surface area contributed by atoms with Gasteiger partial charge in [0.05, 0.1) is 10.8 Å². The Hall–Kier alpha value is -2.66. The summed E-state index contributed by atoms with van der Waals surface area (Å²) in [5.74, 6) is 1.25. The SMILES string of the molecule is CC(Sc1ccnc2ccccc12)c1nc(-c2ccccc2)no1. The number of benzene rings is 2. The Morgan fingerprint density at radius 1 is 0.958 bits per heavy atom. The van der Waals surface area contributed by atoms with Crippen LogP contribution in [0.2, 0.25) is 0 Å². The number of fused-ring (bicyclic) bond motifs is 1. The van der Waals surface area contributed by atoms with Gasteiger partial charge < -0.3 is 4.52 Å². The van der Waals surface area contributed by atoms with Crippen molar-refractivity contribution in [3.8, 4) is 11.4 Å². The van der Waals surface area contributed by atoms with Gasteiger partial charge in [-0.15, -0.1) is 11.8 Å². The summed E-state index contributed by atoms with van der Waals surface area (Å²) in [5.41, 5.74) is 1.95. The zero-order valence-corrected chi connectivity index (χ0v) is 13.9. The summed E-state index contributed by atoms with van der Waals surface area (Å²) >= 11 is 1.70. The molecule has 0 aliphatic rings. The molecule has 4 nitrogen and oxygen atoms in total. The topological polar surface area (TPSA) is 51.8 Å². The standard InChI is InChI=1S/C19H15N3OS/c1-13(19-21-18(22-23-19)14-7-3-2-4-8-14)24-17-11-12-20-16-10-6-5-9-15(16)17/h2-13H,1H3. The lowest BCUT2D eigenvalue weighted by Gasteiger charge is -2.08. The maximum atomic E-state index is 5.47. The van der Waals surface area contributed by atoms with Crippen LogP contribution in [0.15, 0.2) is 76.3 Å². The van der Waals surface area contributed by atoms with Crippen LogP contribution in [0.5, 0.6) is 0 Å². The lowest BCUT2D eigenvalue weighted by atomic mass is 10.2. The molecule has 2 heterocycles. The van der Waals surface area contributed by atoms with Crippen LogP contribution in [0.4, 0.5) is 0 Å². The molecule has 5 heteroatoms. The van der Waals surface area contributed by atoms with Crippen LogP contribution < -0.4 is 0 Å². The Kier molecular flexibility index (Phi) is 4.01. The van der Waals surface area contributed by atoms with Gasteiger partial charge in [0.1, 0.15) is 0 Å². The second-order valence-corrected chi connectivity index (χ2v) is 6.79. The summed E-state index contributed by atoms with van der Waals surface area (Å²) in [6.07, 6.45) is 1.83. The molecule has 0 N–H and O–H groups in total. The van der Waals surface area contributed by atoms with E-state index in [0.29, 0.717) is 11.7 Å². The number of pyridine rings is 1. The number of para-hydroxylation sites is 1. The molecule has 118 valence electrons. The summed E-state index contributed by atoms with van der Waals surface area (Å²) in [6.45, 7) is 2.07. The minimum atomic E-state index is 0.0563. The fourth-order valence-corrected chi connectivity index (χ4v) is 3.53. The van der Waals surface area contributed by atoms with E-state index in [-0.39, 0.29) is 5.25 Å². The summed E-state index contributed by atoms with van der Waals surface area (Å²) < 4.78 is 5.47. The zero-order valence-electron chi connectivity index (χ0n) is 13.1. The van der Waals surface area contributed by atoms with E-state index in [9.17, 15) is 0 Å². The van der Waals surface area contributed by atoms with E-state index in [1.807, 2.05) is 60.8 Å². The maximum Gasteiger partial charge on any atom is 0.240 e. The monoisotopic (exact) mass is 333 g/mol. The molecule has 0 fully saturated rings. The van der Waals surface area contributed by atoms with Crippen LogP contribution in [-0.4, -0.2) is 15.1 Å². The maximum absolute atomic E-state index is 5.47. The van der Waals surface area contributed by atoms with Crippen LogP contribution >= 0.6 is 11.8 Å². The summed E-state index contributed by atoms with van der Waals surface area (Å²) in [5, 5.41) is 5.29. The van der Waals surface area contributed by atoms with E-state index in [4.69, 9.17) is 4.52 Å². The van der Waals surface area contributed by atoms with Crippen molar-refractivity contribution in [2.75, 3.05) is 0 Å². The average Bonchev–Trinajstić information content (AvgIpc) is 3.13. The third-order valence-electron chi connectivity index (χ3n) is 3.73. The molecule has 0 spiro atoms. The Morgan fingerprint density at radius 2 is 1.75 bits per heavy atom. The van der Waals surface area contributed by atoms with Gasteiger partial charge >= 0.3 is 0 Å². The molecule has 4 rings (SSSR count). The highest BCUT2D eigenvalue weighted by molar-refractivity contribution is 7.99. The van der Waals surface area contributed by atoms with Gasteiger partial charge in [0, 0.05) is 22.0 Å². The molecule has 1 unspecified atom stereocenters. The van der Waals surface area contributed by atoms with Crippen molar-refractivity contribution >= 4 is 22.7 Å². The third-order valence-corrected chi connectivity index (χ3v) is 4.90. The van der Waals surface area contributed by atoms with Crippen molar-refractivity contribution in [1.82, 2.24) is 15.1 Å². The highest BCUT2D eigenvalue weighted by Gasteiger charge is 2.17. The normalized spacial score (nSPS) is 12.4. The number of thioether (sulfide) groups is 1. The Labute approximate surface area is 143 Å². The molecule has 2 aromatic carbocycles. The summed E-state index contributed by atoms with van der Waals surface area (Å²) in [6, 6.07) is 20.0. The molecular formula is C19H15N3OS. The van der Waals surface area contributed by atoms with Crippen molar-refractivity contribution in [3.05, 3.63) is 72.8 Å². The van der Waals surface area contributed by atoms with Gasteiger partial charge in [-0.1, -0.05) is 53.7 Å². The van der Waals surface area contributed by atoms with E-state index in [0.717, 1.165) is 21.4 Å². The highest BCUT2D eigenvalue weighted by atomic mass is 32.2. The summed E-state index contributed by atoms with van der Waals surface area (Å²) in [4.78, 5) is 10.1. The first-order chi connectivity index (χ1) is 11.8. The van der Waals surface area contributed by atoms with Gasteiger partial charge in [0.2, 0.25) is 11.7 Å². The molecule has 24 heavy (non-hydrogen) atoms. The van der Waals surface area contributed by atoms with Crippen LogP contribution in [-0.2, 0) is 0 Å². The first-order valence-electron chi connectivity index (χ1n) is 7.71. The zero-order chi connectivity index (χ0) is 16.4. The van der Waals surface area contributed by atoms with Crippen LogP contribution in [0.25, 0.3) is 22.3 Å². The lowest BCUT2D eigenvalue weighted by Crippen LogP contribution is -1.90. The predicted octanol–water partition coefficient (Wildman–Crippen LogP) is 5.14. The summed E-state index contributed by atoms with van der Waals surface area (Å²) in [7, 11) is 0. The van der Waals surface area contributed by atoms with Gasteiger partial charge in [-0.05, 0) is 19.1 Å². The molecule has 0 aliphatic heterocycles. The number of hydrogen-bond donors (Lipinski definition) is 0. The molecule has 2 aromatic heterocycles. The molecule has 0 bridgehead atoms. The smallest absolute Gasteiger partial charge is 0.240 e. The lowest BCUT2D eigenvalue weighted by molar-refractivity contribution is 0.381. The molecule has 0 radical (unpaired) electrons. The van der Waals surface area contributed by atoms with Crippen LogP contribution in [0.3, 0.4) is 0 Å². The first-order valence-corrected chi connectivity index (χ1v) is 8.58. The van der Waals surface area contributed by atoms with Gasteiger partial charge in [-0.3, -0.25) is 4.98 Å². The number of aromatic nitrogens is 3. The highest BCUT2D eigenvalue weighted by Crippen LogP contribution is 2.37. The molecule has 0 aliphatic carbocycles. The molecule has 0 saturated carbocycles. The first kappa shape index (κ1) is 14.9. The largest absolute Gasteiger partial charge is 0.338 e. The van der Waals surface area contributed by atoms with E-state index in [1.54, 1.807) is 11.8 Å². The average molecular weight is 333 g/mol. The fourth-order valence-electron chi connectivity index (χ4n) is 2.52. The number of rotatable bonds is 4. The molecule has 0 saturated heterocycles. The van der Waals surface area contributed by atoms with Crippen molar-refractivity contribution in [2.45, 2.75) is 17.1 Å². The Balaban J connectivity index is 1.60. The fraction of sp³-hybridized carbons (Fsp3) is 0.105. The quantitative estimate of drug-likeness (QED) is 0.484. The number of hydrogen-bond acceptors (Lipinski definition) is 5. The van der Waals surface area contributed by atoms with Crippen LogP contribution in [0.1, 0.15) is 18.1 Å². The van der Waals surface area contributed by atoms with Crippen molar-refractivity contribution in [2.24, 2.45) is 0 Å². The molecule has 4 aromatic rings. The van der Waals surface area contributed by atoms with Crippen LogP contribution in [0, 0.1) is 0 Å². The Bertz CT molecular complexity index is 963. The van der Waals surface area contributed by atoms with E-state index < -0.39 is 0 Å². The minimum absolute atomic E-state index is 0.0563. The van der Waals surface area contributed by atoms with Gasteiger partial charge in [-0.2, -0.15) is 4.98 Å². The van der Waals surface area contributed by atoms with Gasteiger partial charge in [-0.25, -0.2) is 0 Å². The van der Waals surface area contributed by atoms with E-state index >= 15 is 0 Å². The second kappa shape index (κ2) is 6.45.